The fourth-order valence-electron chi connectivity index (χ4n) is 4.12. The van der Waals surface area contributed by atoms with Gasteiger partial charge in [0.25, 0.3) is 0 Å². The van der Waals surface area contributed by atoms with E-state index in [1.165, 1.54) is 0 Å². The second-order valence-electron chi connectivity index (χ2n) is 9.01. The maximum absolute atomic E-state index is 11.7. The fourth-order valence-corrected chi connectivity index (χ4v) is 4.12. The second kappa shape index (κ2) is 14.0. The van der Waals surface area contributed by atoms with Crippen molar-refractivity contribution in [1.82, 2.24) is 0 Å². The fraction of sp³-hybridized carbons (Fsp3) is 0.429. The van der Waals surface area contributed by atoms with Gasteiger partial charge in [-0.15, -0.1) is 0 Å². The lowest BCUT2D eigenvalue weighted by molar-refractivity contribution is -0.170. The lowest BCUT2D eigenvalue weighted by Gasteiger charge is -2.30. The number of carboxylic acids is 4. The maximum Gasteiger partial charge on any atom is 0.321 e. The van der Waals surface area contributed by atoms with Crippen molar-refractivity contribution in [2.45, 2.75) is 59.3 Å². The van der Waals surface area contributed by atoms with E-state index in [0.717, 1.165) is 6.42 Å². The number of carbonyl (C=O) groups is 4. The third-order valence-corrected chi connectivity index (χ3v) is 6.66. The zero-order chi connectivity index (χ0) is 27.4. The minimum Gasteiger partial charge on any atom is -0.480 e. The highest BCUT2D eigenvalue weighted by molar-refractivity contribution is 5.99. The summed E-state index contributed by atoms with van der Waals surface area (Å²) >= 11 is 0. The molecule has 2 aromatic carbocycles. The molecular weight excluding hydrogens is 464 g/mol. The Bertz CT molecular complexity index is 929. The molecule has 0 aliphatic heterocycles. The van der Waals surface area contributed by atoms with Gasteiger partial charge in [0, 0.05) is 0 Å². The minimum absolute atomic E-state index is 0.0482. The number of carboxylic acid groups (broad SMARTS) is 4. The standard InChI is InChI=1S/C17H16O4.C11H20O4/c18-15(19)17(16(20)21,11-13-7-3-1-4-8-13)12-14-9-5-2-6-10-14;1-4-6-7-11(9(12)13,10(14)15)8(3)5-2/h1-10H,11-12H2,(H,18,19)(H,20,21);8H,4-7H2,1-3H3,(H,12,13)(H,14,15). The van der Waals surface area contributed by atoms with Crippen LogP contribution in [0.2, 0.25) is 0 Å². The molecule has 0 aliphatic carbocycles. The molecule has 0 spiro atoms. The summed E-state index contributed by atoms with van der Waals surface area (Å²) in [5.74, 6) is -5.40. The van der Waals surface area contributed by atoms with E-state index in [0.29, 0.717) is 24.0 Å². The molecule has 0 radical (unpaired) electrons. The normalized spacial score (nSPS) is 12.1. The van der Waals surface area contributed by atoms with Gasteiger partial charge in [0.1, 0.15) is 0 Å². The zero-order valence-corrected chi connectivity index (χ0v) is 21.0. The molecule has 0 saturated carbocycles. The number of rotatable bonds is 13. The summed E-state index contributed by atoms with van der Waals surface area (Å²) in [5.41, 5.74) is -2.08. The molecule has 0 aliphatic rings. The Labute approximate surface area is 211 Å². The highest BCUT2D eigenvalue weighted by Crippen LogP contribution is 2.36. The van der Waals surface area contributed by atoms with Crippen molar-refractivity contribution in [3.05, 3.63) is 71.8 Å². The van der Waals surface area contributed by atoms with Crippen LogP contribution >= 0.6 is 0 Å². The predicted octanol–water partition coefficient (Wildman–Crippen LogP) is 5.01. The van der Waals surface area contributed by atoms with Crippen molar-refractivity contribution in [2.75, 3.05) is 0 Å². The molecule has 8 heteroatoms. The van der Waals surface area contributed by atoms with Gasteiger partial charge in [-0.25, -0.2) is 0 Å². The summed E-state index contributed by atoms with van der Waals surface area (Å²) in [7, 11) is 0. The summed E-state index contributed by atoms with van der Waals surface area (Å²) in [5, 5.41) is 37.4. The van der Waals surface area contributed by atoms with Gasteiger partial charge in [-0.05, 0) is 36.3 Å². The molecule has 8 nitrogen and oxygen atoms in total. The van der Waals surface area contributed by atoms with Crippen LogP contribution in [-0.2, 0) is 32.0 Å². The first kappa shape index (κ1) is 30.4. The van der Waals surface area contributed by atoms with Crippen LogP contribution in [0.25, 0.3) is 0 Å². The summed E-state index contributed by atoms with van der Waals surface area (Å²) in [6.07, 6.45) is 2.11. The Hall–Kier alpha value is -3.68. The molecule has 0 heterocycles. The summed E-state index contributed by atoms with van der Waals surface area (Å²) < 4.78 is 0. The van der Waals surface area contributed by atoms with E-state index >= 15 is 0 Å². The van der Waals surface area contributed by atoms with Gasteiger partial charge in [-0.3, -0.25) is 19.2 Å². The number of hydrogen-bond acceptors (Lipinski definition) is 4. The molecular formula is C28H36O8. The van der Waals surface area contributed by atoms with Crippen LogP contribution in [0.1, 0.15) is 57.6 Å². The van der Waals surface area contributed by atoms with Crippen molar-refractivity contribution in [3.63, 3.8) is 0 Å². The predicted molar refractivity (Wildman–Crippen MR) is 135 cm³/mol. The third kappa shape index (κ3) is 7.41. The summed E-state index contributed by atoms with van der Waals surface area (Å²) in [6.45, 7) is 5.43. The number of benzene rings is 2. The van der Waals surface area contributed by atoms with Crippen LogP contribution in [0.15, 0.2) is 60.7 Å². The highest BCUT2D eigenvalue weighted by atomic mass is 16.4. The SMILES string of the molecule is CCCCC(C(=O)O)(C(=O)O)C(C)CC.O=C(O)C(Cc1ccccc1)(Cc1ccccc1)C(=O)O. The van der Waals surface area contributed by atoms with Crippen LogP contribution in [0.4, 0.5) is 0 Å². The molecule has 4 N–H and O–H groups in total. The first-order chi connectivity index (χ1) is 17.0. The zero-order valence-electron chi connectivity index (χ0n) is 21.0. The Balaban J connectivity index is 0.000000384. The van der Waals surface area contributed by atoms with Crippen LogP contribution in [0.3, 0.4) is 0 Å². The maximum atomic E-state index is 11.7. The Morgan fingerprint density at radius 2 is 1.08 bits per heavy atom. The van der Waals surface area contributed by atoms with Crippen molar-refractivity contribution < 1.29 is 39.6 Å². The summed E-state index contributed by atoms with van der Waals surface area (Å²) in [4.78, 5) is 45.8. The molecule has 0 aromatic heterocycles. The second-order valence-corrected chi connectivity index (χ2v) is 9.01. The molecule has 0 fully saturated rings. The van der Waals surface area contributed by atoms with E-state index < -0.39 is 34.7 Å². The third-order valence-electron chi connectivity index (χ3n) is 6.66. The van der Waals surface area contributed by atoms with E-state index in [1.807, 2.05) is 26.0 Å². The van der Waals surface area contributed by atoms with Gasteiger partial charge < -0.3 is 20.4 Å². The molecule has 196 valence electrons. The van der Waals surface area contributed by atoms with Crippen molar-refractivity contribution in [3.8, 4) is 0 Å². The average Bonchev–Trinajstić information content (AvgIpc) is 2.84. The lowest BCUT2D eigenvalue weighted by Crippen LogP contribution is -2.44. The lowest BCUT2D eigenvalue weighted by atomic mass is 9.71. The molecule has 2 rings (SSSR count). The molecule has 0 saturated heterocycles. The van der Waals surface area contributed by atoms with E-state index in [2.05, 4.69) is 0 Å². The van der Waals surface area contributed by atoms with E-state index in [-0.39, 0.29) is 25.2 Å². The van der Waals surface area contributed by atoms with E-state index in [1.54, 1.807) is 55.5 Å². The number of aliphatic carboxylic acids is 4. The molecule has 0 amide bonds. The average molecular weight is 501 g/mol. The van der Waals surface area contributed by atoms with Crippen molar-refractivity contribution in [1.29, 1.82) is 0 Å². The van der Waals surface area contributed by atoms with Crippen LogP contribution in [-0.4, -0.2) is 44.3 Å². The molecule has 1 atom stereocenters. The van der Waals surface area contributed by atoms with Gasteiger partial charge in [0.2, 0.25) is 0 Å². The van der Waals surface area contributed by atoms with Gasteiger partial charge in [0.15, 0.2) is 10.8 Å². The van der Waals surface area contributed by atoms with Crippen LogP contribution in [0, 0.1) is 16.7 Å². The van der Waals surface area contributed by atoms with E-state index in [9.17, 15) is 29.4 Å². The van der Waals surface area contributed by atoms with Crippen LogP contribution in [0.5, 0.6) is 0 Å². The van der Waals surface area contributed by atoms with Crippen molar-refractivity contribution in [2.24, 2.45) is 16.7 Å². The van der Waals surface area contributed by atoms with Gasteiger partial charge >= 0.3 is 23.9 Å². The Morgan fingerprint density at radius 1 is 0.694 bits per heavy atom. The quantitative estimate of drug-likeness (QED) is 0.281. The number of unbranched alkanes of at least 4 members (excludes halogenated alkanes) is 1. The monoisotopic (exact) mass is 500 g/mol. The Morgan fingerprint density at radius 3 is 1.36 bits per heavy atom. The minimum atomic E-state index is -1.86. The Kier molecular flexibility index (Phi) is 11.8. The molecule has 2 aromatic rings. The molecule has 0 bridgehead atoms. The van der Waals surface area contributed by atoms with Crippen molar-refractivity contribution >= 4 is 23.9 Å². The first-order valence-corrected chi connectivity index (χ1v) is 12.0. The largest absolute Gasteiger partial charge is 0.480 e. The van der Waals surface area contributed by atoms with Gasteiger partial charge in [0.05, 0.1) is 0 Å². The molecule has 36 heavy (non-hydrogen) atoms. The highest BCUT2D eigenvalue weighted by Gasteiger charge is 2.49. The number of hydrogen-bond donors (Lipinski definition) is 4. The van der Waals surface area contributed by atoms with Gasteiger partial charge in [-0.2, -0.15) is 0 Å². The van der Waals surface area contributed by atoms with Crippen LogP contribution < -0.4 is 0 Å². The topological polar surface area (TPSA) is 149 Å². The smallest absolute Gasteiger partial charge is 0.321 e. The molecule has 1 unspecified atom stereocenters. The first-order valence-electron chi connectivity index (χ1n) is 12.0. The summed E-state index contributed by atoms with van der Waals surface area (Å²) in [6, 6.07) is 17.7. The van der Waals surface area contributed by atoms with E-state index in [4.69, 9.17) is 10.2 Å². The van der Waals surface area contributed by atoms with Gasteiger partial charge in [-0.1, -0.05) is 101 Å².